The van der Waals surface area contributed by atoms with Crippen LogP contribution >= 0.6 is 11.6 Å². The molecule has 1 saturated heterocycles. The van der Waals surface area contributed by atoms with Gasteiger partial charge in [-0.1, -0.05) is 42.6 Å². The number of carbonyl (C=O) groups is 2. The standard InChI is InChI=1S/C36H40ClN3O7/c37-26-9-7-25(8-10-26)36(35(45)46)17-20-40(21-18-36)34(44)24-5-11-27(12-6-24)47-22-4-2-1-3-19-38-23-31(42)28-13-15-30(41)33-29(28)14-16-32(43)39-33/h5-16,31,38,41-42H,1-4,17-23H2,(H,39,43)(H,45,46)/t31-/m0/s1. The van der Waals surface area contributed by atoms with Gasteiger partial charge in [-0.15, -0.1) is 0 Å². The molecular formula is C36H40ClN3O7. The number of benzene rings is 3. The number of pyridine rings is 1. The van der Waals surface area contributed by atoms with Gasteiger partial charge in [0.2, 0.25) is 5.56 Å². The molecule has 0 aliphatic carbocycles. The molecule has 11 heteroatoms. The summed E-state index contributed by atoms with van der Waals surface area (Å²) in [5.74, 6) is -0.356. The number of likely N-dealkylation sites (tertiary alicyclic amines) is 1. The zero-order chi connectivity index (χ0) is 33.4. The van der Waals surface area contributed by atoms with Crippen molar-refractivity contribution in [2.75, 3.05) is 32.8 Å². The first kappa shape index (κ1) is 34.0. The van der Waals surface area contributed by atoms with Crippen LogP contribution in [0.25, 0.3) is 10.9 Å². The number of fused-ring (bicyclic) bond motifs is 1. The van der Waals surface area contributed by atoms with Crippen molar-refractivity contribution in [1.82, 2.24) is 15.2 Å². The fraction of sp³-hybridized carbons (Fsp3) is 0.361. The quantitative estimate of drug-likeness (QED) is 0.113. The van der Waals surface area contributed by atoms with Gasteiger partial charge in [0.15, 0.2) is 0 Å². The number of nitrogens with one attached hydrogen (secondary N) is 2. The van der Waals surface area contributed by atoms with E-state index in [0.29, 0.717) is 77.4 Å². The second-order valence-electron chi connectivity index (χ2n) is 12.0. The number of phenolic OH excluding ortho intramolecular Hbond substituents is 1. The number of aliphatic hydroxyl groups excluding tert-OH is 1. The Kier molecular flexibility index (Phi) is 11.2. The summed E-state index contributed by atoms with van der Waals surface area (Å²) in [4.78, 5) is 41.3. The zero-order valence-corrected chi connectivity index (χ0v) is 26.8. The molecule has 10 nitrogen and oxygen atoms in total. The molecule has 0 saturated carbocycles. The Morgan fingerprint density at radius 3 is 2.34 bits per heavy atom. The van der Waals surface area contributed by atoms with Crippen LogP contribution in [-0.2, 0) is 10.2 Å². The van der Waals surface area contributed by atoms with Crippen LogP contribution in [0.4, 0.5) is 0 Å². The van der Waals surface area contributed by atoms with Crippen molar-refractivity contribution in [1.29, 1.82) is 0 Å². The maximum Gasteiger partial charge on any atom is 0.314 e. The van der Waals surface area contributed by atoms with Crippen LogP contribution in [0, 0.1) is 0 Å². The summed E-state index contributed by atoms with van der Waals surface area (Å²) in [6.45, 7) is 2.35. The third kappa shape index (κ3) is 8.13. The predicted molar refractivity (Wildman–Crippen MR) is 180 cm³/mol. The first-order valence-corrected chi connectivity index (χ1v) is 16.3. The van der Waals surface area contributed by atoms with Gasteiger partial charge in [0.1, 0.15) is 11.5 Å². The second kappa shape index (κ2) is 15.5. The molecule has 1 amide bonds. The summed E-state index contributed by atoms with van der Waals surface area (Å²) in [5.41, 5.74) is 0.853. The van der Waals surface area contributed by atoms with E-state index < -0.39 is 17.5 Å². The smallest absolute Gasteiger partial charge is 0.314 e. The van der Waals surface area contributed by atoms with Crippen LogP contribution < -0.4 is 15.6 Å². The van der Waals surface area contributed by atoms with E-state index in [-0.39, 0.29) is 17.2 Å². The van der Waals surface area contributed by atoms with E-state index in [9.17, 15) is 29.7 Å². The number of aromatic hydroxyl groups is 1. The molecule has 1 aliphatic rings. The molecular weight excluding hydrogens is 622 g/mol. The maximum atomic E-state index is 13.1. The molecule has 1 aromatic heterocycles. The molecule has 248 valence electrons. The number of rotatable bonds is 14. The molecule has 0 spiro atoms. The summed E-state index contributed by atoms with van der Waals surface area (Å²) in [7, 11) is 0. The third-order valence-corrected chi connectivity index (χ3v) is 9.18. The van der Waals surface area contributed by atoms with Crippen LogP contribution in [-0.4, -0.2) is 69.9 Å². The minimum absolute atomic E-state index is 0.0335. The lowest BCUT2D eigenvalue weighted by molar-refractivity contribution is -0.145. The SMILES string of the molecule is O=C(c1ccc(OCCCCCCNC[C@H](O)c2ccc(O)c3[nH]c(=O)ccc23)cc1)N1CCC(C(=O)O)(c2ccc(Cl)cc2)CC1. The predicted octanol–water partition coefficient (Wildman–Crippen LogP) is 5.41. The number of nitrogens with zero attached hydrogens (tertiary/aromatic N) is 1. The van der Waals surface area contributed by atoms with Gasteiger partial charge < -0.3 is 35.3 Å². The minimum Gasteiger partial charge on any atom is -0.506 e. The lowest BCUT2D eigenvalue weighted by Crippen LogP contribution is -2.49. The number of phenols is 1. The van der Waals surface area contributed by atoms with Crippen LogP contribution in [0.15, 0.2) is 77.6 Å². The van der Waals surface area contributed by atoms with Crippen LogP contribution in [0.2, 0.25) is 5.02 Å². The summed E-state index contributed by atoms with van der Waals surface area (Å²) < 4.78 is 5.87. The molecule has 0 bridgehead atoms. The number of hydrogen-bond acceptors (Lipinski definition) is 7. The van der Waals surface area contributed by atoms with Crippen molar-refractivity contribution in [3.8, 4) is 11.5 Å². The summed E-state index contributed by atoms with van der Waals surface area (Å²) in [5, 5.41) is 35.2. The first-order valence-electron chi connectivity index (χ1n) is 15.9. The van der Waals surface area contributed by atoms with Gasteiger partial charge in [-0.2, -0.15) is 0 Å². The molecule has 0 unspecified atom stereocenters. The fourth-order valence-corrected chi connectivity index (χ4v) is 6.28. The molecule has 3 aromatic carbocycles. The number of aromatic amines is 1. The molecule has 1 aliphatic heterocycles. The van der Waals surface area contributed by atoms with E-state index in [1.807, 2.05) is 0 Å². The van der Waals surface area contributed by atoms with Gasteiger partial charge >= 0.3 is 5.97 Å². The summed E-state index contributed by atoms with van der Waals surface area (Å²) in [6.07, 6.45) is 3.69. The number of halogens is 1. The highest BCUT2D eigenvalue weighted by Gasteiger charge is 2.44. The minimum atomic E-state index is -1.03. The van der Waals surface area contributed by atoms with Crippen molar-refractivity contribution in [3.05, 3.63) is 105 Å². The van der Waals surface area contributed by atoms with E-state index in [1.54, 1.807) is 65.6 Å². The van der Waals surface area contributed by atoms with Crippen molar-refractivity contribution in [2.45, 2.75) is 50.0 Å². The monoisotopic (exact) mass is 661 g/mol. The Hall–Kier alpha value is -4.38. The third-order valence-electron chi connectivity index (χ3n) is 8.93. The van der Waals surface area contributed by atoms with E-state index in [1.165, 1.54) is 12.1 Å². The number of aliphatic carboxylic acids is 1. The van der Waals surface area contributed by atoms with Crippen molar-refractivity contribution >= 4 is 34.4 Å². The molecule has 5 rings (SSSR count). The Morgan fingerprint density at radius 1 is 0.936 bits per heavy atom. The Morgan fingerprint density at radius 2 is 1.64 bits per heavy atom. The second-order valence-corrected chi connectivity index (χ2v) is 12.4. The maximum absolute atomic E-state index is 13.1. The number of amides is 1. The highest BCUT2D eigenvalue weighted by molar-refractivity contribution is 6.30. The number of carboxylic acids is 1. The number of carboxylic acid groups (broad SMARTS) is 1. The van der Waals surface area contributed by atoms with Gasteiger partial charge in [-0.3, -0.25) is 14.4 Å². The number of piperidine rings is 1. The van der Waals surface area contributed by atoms with E-state index in [4.69, 9.17) is 16.3 Å². The van der Waals surface area contributed by atoms with Gasteiger partial charge in [0, 0.05) is 41.7 Å². The summed E-state index contributed by atoms with van der Waals surface area (Å²) in [6, 6.07) is 20.1. The highest BCUT2D eigenvalue weighted by Crippen LogP contribution is 2.37. The fourth-order valence-electron chi connectivity index (χ4n) is 6.16. The molecule has 5 N–H and O–H groups in total. The number of aromatic nitrogens is 1. The van der Waals surface area contributed by atoms with Crippen molar-refractivity contribution in [2.24, 2.45) is 0 Å². The molecule has 0 radical (unpaired) electrons. The van der Waals surface area contributed by atoms with Crippen LogP contribution in [0.5, 0.6) is 11.5 Å². The highest BCUT2D eigenvalue weighted by atomic mass is 35.5. The Bertz CT molecular complexity index is 1730. The topological polar surface area (TPSA) is 152 Å². The number of ether oxygens (including phenoxy) is 1. The first-order chi connectivity index (χ1) is 22.7. The molecule has 47 heavy (non-hydrogen) atoms. The Labute approximate surface area is 278 Å². The molecule has 1 fully saturated rings. The van der Waals surface area contributed by atoms with E-state index in [0.717, 1.165) is 32.2 Å². The molecule has 2 heterocycles. The van der Waals surface area contributed by atoms with Crippen LogP contribution in [0.3, 0.4) is 0 Å². The largest absolute Gasteiger partial charge is 0.506 e. The van der Waals surface area contributed by atoms with Crippen molar-refractivity contribution < 1.29 is 29.6 Å². The average Bonchev–Trinajstić information content (AvgIpc) is 3.08. The lowest BCUT2D eigenvalue weighted by Gasteiger charge is -2.39. The number of aliphatic hydroxyl groups is 1. The number of hydrogen-bond donors (Lipinski definition) is 5. The Balaban J connectivity index is 0.977. The van der Waals surface area contributed by atoms with E-state index >= 15 is 0 Å². The lowest BCUT2D eigenvalue weighted by atomic mass is 9.72. The van der Waals surface area contributed by atoms with Crippen molar-refractivity contribution in [3.63, 3.8) is 0 Å². The summed E-state index contributed by atoms with van der Waals surface area (Å²) >= 11 is 5.99. The van der Waals surface area contributed by atoms with Gasteiger partial charge in [0.25, 0.3) is 5.91 Å². The van der Waals surface area contributed by atoms with E-state index in [2.05, 4.69) is 10.3 Å². The molecule has 1 atom stereocenters. The number of carbonyl (C=O) groups excluding carboxylic acids is 1. The van der Waals surface area contributed by atoms with Gasteiger partial charge in [-0.25, -0.2) is 0 Å². The average molecular weight is 662 g/mol. The normalized spacial score (nSPS) is 15.0. The number of unbranched alkanes of at least 4 members (excludes halogenated alkanes) is 3. The van der Waals surface area contributed by atoms with Crippen LogP contribution in [0.1, 0.15) is 66.1 Å². The van der Waals surface area contributed by atoms with Gasteiger partial charge in [-0.05, 0) is 91.9 Å². The molecule has 4 aromatic rings. The number of H-pyrrole nitrogens is 1. The zero-order valence-electron chi connectivity index (χ0n) is 26.1. The van der Waals surface area contributed by atoms with Gasteiger partial charge in [0.05, 0.1) is 23.6 Å².